The van der Waals surface area contributed by atoms with Gasteiger partial charge in [0.25, 0.3) is 0 Å². The van der Waals surface area contributed by atoms with Crippen LogP contribution in [-0.2, 0) is 9.53 Å². The Labute approximate surface area is 90.5 Å². The predicted octanol–water partition coefficient (Wildman–Crippen LogP) is 0.411. The van der Waals surface area contributed by atoms with Crippen LogP contribution in [0.2, 0.25) is 0 Å². The molecule has 0 bridgehead atoms. The molecule has 2 rings (SSSR count). The second-order valence-electron chi connectivity index (χ2n) is 4.80. The van der Waals surface area contributed by atoms with Gasteiger partial charge >= 0.3 is 0 Å². The summed E-state index contributed by atoms with van der Waals surface area (Å²) in [6, 6.07) is 0. The van der Waals surface area contributed by atoms with E-state index in [9.17, 15) is 4.79 Å². The summed E-state index contributed by atoms with van der Waals surface area (Å²) in [5, 5.41) is 2.96. The SMILES string of the molecule is NC1(C(=O)NCC2CCOC2)CCCC1. The molecular formula is C11H20N2O2. The Bertz CT molecular complexity index is 231. The van der Waals surface area contributed by atoms with Gasteiger partial charge in [0.1, 0.15) is 0 Å². The molecule has 0 spiro atoms. The van der Waals surface area contributed by atoms with Gasteiger partial charge in [0.15, 0.2) is 0 Å². The Morgan fingerprint density at radius 2 is 2.20 bits per heavy atom. The van der Waals surface area contributed by atoms with Gasteiger partial charge < -0.3 is 15.8 Å². The first-order valence-electron chi connectivity index (χ1n) is 5.86. The maximum atomic E-state index is 11.8. The molecular weight excluding hydrogens is 192 g/mol. The molecule has 1 aliphatic heterocycles. The summed E-state index contributed by atoms with van der Waals surface area (Å²) in [5.41, 5.74) is 5.46. The highest BCUT2D eigenvalue weighted by atomic mass is 16.5. The standard InChI is InChI=1S/C11H20N2O2/c12-11(4-1-2-5-11)10(14)13-7-9-3-6-15-8-9/h9H,1-8,12H2,(H,13,14). The minimum atomic E-state index is -0.584. The first-order valence-corrected chi connectivity index (χ1v) is 5.86. The van der Waals surface area contributed by atoms with Gasteiger partial charge in [0.05, 0.1) is 12.1 Å². The normalized spacial score (nSPS) is 29.3. The number of carbonyl (C=O) groups is 1. The van der Waals surface area contributed by atoms with Crippen LogP contribution in [-0.4, -0.2) is 31.2 Å². The van der Waals surface area contributed by atoms with Crippen molar-refractivity contribution < 1.29 is 9.53 Å². The number of amides is 1. The van der Waals surface area contributed by atoms with Gasteiger partial charge in [0, 0.05) is 19.1 Å². The summed E-state index contributed by atoms with van der Waals surface area (Å²) in [5.74, 6) is 0.519. The van der Waals surface area contributed by atoms with Crippen molar-refractivity contribution in [2.45, 2.75) is 37.6 Å². The molecule has 0 aromatic carbocycles. The number of carbonyl (C=O) groups excluding carboxylic acids is 1. The molecule has 0 aromatic heterocycles. The zero-order valence-corrected chi connectivity index (χ0v) is 9.13. The Balaban J connectivity index is 1.76. The zero-order valence-electron chi connectivity index (χ0n) is 9.13. The van der Waals surface area contributed by atoms with Crippen LogP contribution in [0.5, 0.6) is 0 Å². The second kappa shape index (κ2) is 4.49. The molecule has 1 unspecified atom stereocenters. The lowest BCUT2D eigenvalue weighted by atomic mass is 9.97. The van der Waals surface area contributed by atoms with Gasteiger partial charge in [-0.15, -0.1) is 0 Å². The van der Waals surface area contributed by atoms with E-state index >= 15 is 0 Å². The van der Waals surface area contributed by atoms with Crippen molar-refractivity contribution in [2.24, 2.45) is 11.7 Å². The first-order chi connectivity index (χ1) is 7.21. The molecule has 3 N–H and O–H groups in total. The summed E-state index contributed by atoms with van der Waals surface area (Å²) >= 11 is 0. The van der Waals surface area contributed by atoms with Crippen LogP contribution in [0.1, 0.15) is 32.1 Å². The summed E-state index contributed by atoms with van der Waals surface area (Å²) in [6.45, 7) is 2.32. The highest BCUT2D eigenvalue weighted by Crippen LogP contribution is 2.27. The number of rotatable bonds is 3. The van der Waals surface area contributed by atoms with Gasteiger partial charge in [-0.2, -0.15) is 0 Å². The number of nitrogens with one attached hydrogen (secondary N) is 1. The van der Waals surface area contributed by atoms with E-state index in [4.69, 9.17) is 10.5 Å². The highest BCUT2D eigenvalue weighted by molar-refractivity contribution is 5.86. The molecule has 1 aliphatic carbocycles. The Morgan fingerprint density at radius 1 is 1.47 bits per heavy atom. The Hall–Kier alpha value is -0.610. The second-order valence-corrected chi connectivity index (χ2v) is 4.80. The molecule has 1 atom stereocenters. The van der Waals surface area contributed by atoms with Crippen molar-refractivity contribution >= 4 is 5.91 Å². The van der Waals surface area contributed by atoms with E-state index in [0.717, 1.165) is 51.9 Å². The third-order valence-corrected chi connectivity index (χ3v) is 3.52. The average molecular weight is 212 g/mol. The maximum Gasteiger partial charge on any atom is 0.240 e. The molecule has 1 amide bonds. The largest absolute Gasteiger partial charge is 0.381 e. The Morgan fingerprint density at radius 3 is 2.80 bits per heavy atom. The molecule has 4 nitrogen and oxygen atoms in total. The van der Waals surface area contributed by atoms with Gasteiger partial charge in [-0.1, -0.05) is 12.8 Å². The third kappa shape index (κ3) is 2.49. The van der Waals surface area contributed by atoms with Crippen LogP contribution < -0.4 is 11.1 Å². The fourth-order valence-electron chi connectivity index (χ4n) is 2.39. The first kappa shape index (κ1) is 10.9. The number of ether oxygens (including phenoxy) is 1. The van der Waals surface area contributed by atoms with E-state index in [2.05, 4.69) is 5.32 Å². The monoisotopic (exact) mass is 212 g/mol. The van der Waals surface area contributed by atoms with Crippen molar-refractivity contribution in [3.05, 3.63) is 0 Å². The molecule has 2 fully saturated rings. The lowest BCUT2D eigenvalue weighted by molar-refractivity contribution is -0.126. The number of hydrogen-bond donors (Lipinski definition) is 2. The average Bonchev–Trinajstić information content (AvgIpc) is 2.85. The van der Waals surface area contributed by atoms with Crippen LogP contribution in [0.4, 0.5) is 0 Å². The quantitative estimate of drug-likeness (QED) is 0.712. The highest BCUT2D eigenvalue weighted by Gasteiger charge is 2.37. The van der Waals surface area contributed by atoms with Gasteiger partial charge in [-0.05, 0) is 19.3 Å². The minimum Gasteiger partial charge on any atom is -0.381 e. The number of nitrogens with two attached hydrogens (primary N) is 1. The molecule has 1 saturated carbocycles. The fourth-order valence-corrected chi connectivity index (χ4v) is 2.39. The summed E-state index contributed by atoms with van der Waals surface area (Å²) < 4.78 is 5.26. The van der Waals surface area contributed by atoms with Crippen molar-refractivity contribution in [1.82, 2.24) is 5.32 Å². The van der Waals surface area contributed by atoms with Crippen molar-refractivity contribution in [3.63, 3.8) is 0 Å². The van der Waals surface area contributed by atoms with E-state index in [1.54, 1.807) is 0 Å². The zero-order chi connectivity index (χ0) is 10.7. The van der Waals surface area contributed by atoms with E-state index in [1.807, 2.05) is 0 Å². The van der Waals surface area contributed by atoms with E-state index < -0.39 is 5.54 Å². The fraction of sp³-hybridized carbons (Fsp3) is 0.909. The number of hydrogen-bond acceptors (Lipinski definition) is 3. The topological polar surface area (TPSA) is 64.4 Å². The van der Waals surface area contributed by atoms with Gasteiger partial charge in [-0.3, -0.25) is 4.79 Å². The van der Waals surface area contributed by atoms with E-state index in [1.165, 1.54) is 0 Å². The molecule has 1 saturated heterocycles. The lowest BCUT2D eigenvalue weighted by Gasteiger charge is -2.23. The van der Waals surface area contributed by atoms with Gasteiger partial charge in [-0.25, -0.2) is 0 Å². The van der Waals surface area contributed by atoms with Crippen LogP contribution >= 0.6 is 0 Å². The van der Waals surface area contributed by atoms with Crippen molar-refractivity contribution in [2.75, 3.05) is 19.8 Å². The van der Waals surface area contributed by atoms with E-state index in [-0.39, 0.29) is 5.91 Å². The van der Waals surface area contributed by atoms with Crippen molar-refractivity contribution in [3.8, 4) is 0 Å². The summed E-state index contributed by atoms with van der Waals surface area (Å²) in [7, 11) is 0. The smallest absolute Gasteiger partial charge is 0.240 e. The van der Waals surface area contributed by atoms with Crippen LogP contribution in [0, 0.1) is 5.92 Å². The van der Waals surface area contributed by atoms with Crippen LogP contribution in [0.3, 0.4) is 0 Å². The molecule has 15 heavy (non-hydrogen) atoms. The molecule has 0 radical (unpaired) electrons. The summed E-state index contributed by atoms with van der Waals surface area (Å²) in [4.78, 5) is 11.8. The van der Waals surface area contributed by atoms with Crippen LogP contribution in [0.25, 0.3) is 0 Å². The lowest BCUT2D eigenvalue weighted by Crippen LogP contribution is -2.52. The molecule has 2 aliphatic rings. The van der Waals surface area contributed by atoms with Crippen LogP contribution in [0.15, 0.2) is 0 Å². The van der Waals surface area contributed by atoms with E-state index in [0.29, 0.717) is 5.92 Å². The van der Waals surface area contributed by atoms with Gasteiger partial charge in [0.2, 0.25) is 5.91 Å². The predicted molar refractivity (Wildman–Crippen MR) is 57.3 cm³/mol. The molecule has 4 heteroatoms. The molecule has 86 valence electrons. The third-order valence-electron chi connectivity index (χ3n) is 3.52. The minimum absolute atomic E-state index is 0.0342. The maximum absolute atomic E-state index is 11.8. The summed E-state index contributed by atoms with van der Waals surface area (Å²) in [6.07, 6.45) is 4.88. The molecule has 0 aromatic rings. The molecule has 1 heterocycles. The van der Waals surface area contributed by atoms with Crippen molar-refractivity contribution in [1.29, 1.82) is 0 Å². The Kier molecular flexibility index (Phi) is 3.26.